The number of aromatic nitrogens is 1. The molecule has 0 saturated heterocycles. The van der Waals surface area contributed by atoms with E-state index in [-0.39, 0.29) is 14.7 Å². The topological polar surface area (TPSA) is 22.1 Å². The Bertz CT molecular complexity index is 369. The van der Waals surface area contributed by atoms with Crippen molar-refractivity contribution in [1.29, 1.82) is 0 Å². The summed E-state index contributed by atoms with van der Waals surface area (Å²) in [4.78, 5) is 2.14. The zero-order valence-corrected chi connectivity index (χ0v) is 7.79. The van der Waals surface area contributed by atoms with Gasteiger partial charge in [0.2, 0.25) is 0 Å². The molecule has 11 heavy (non-hydrogen) atoms. The summed E-state index contributed by atoms with van der Waals surface area (Å²) in [5.74, 6) is 0.936. The molecule has 0 fully saturated rings. The van der Waals surface area contributed by atoms with Gasteiger partial charge in [0.15, 0.2) is 0 Å². The number of ether oxygens (including phenoxy) is 1. The third-order valence-electron chi connectivity index (χ3n) is 1.58. The zero-order valence-electron chi connectivity index (χ0n) is 6.07. The predicted octanol–water partition coefficient (Wildman–Crippen LogP) is 1.30. The molecule has 0 unspecified atom stereocenters. The van der Waals surface area contributed by atoms with E-state index in [4.69, 9.17) is 4.74 Å². The van der Waals surface area contributed by atoms with Crippen molar-refractivity contribution in [2.45, 2.75) is 0 Å². The van der Waals surface area contributed by atoms with E-state index < -0.39 is 0 Å². The summed E-state index contributed by atoms with van der Waals surface area (Å²) < 4.78 is 9.51. The molecule has 0 saturated carbocycles. The van der Waals surface area contributed by atoms with E-state index in [1.807, 2.05) is 18.2 Å². The van der Waals surface area contributed by atoms with Crippen LogP contribution in [0.1, 0.15) is 0 Å². The van der Waals surface area contributed by atoms with Crippen LogP contribution in [0.25, 0.3) is 10.9 Å². The number of rotatable bonds is 1. The fraction of sp³-hybridized carbons (Fsp3) is 0.125. The summed E-state index contributed by atoms with van der Waals surface area (Å²) in [5.41, 5.74) is 1.07. The van der Waals surface area contributed by atoms with Crippen molar-refractivity contribution in [2.24, 2.45) is 0 Å². The van der Waals surface area contributed by atoms with Crippen LogP contribution in [0.2, 0.25) is 0 Å². The Morgan fingerprint density at radius 3 is 3.18 bits per heavy atom. The van der Waals surface area contributed by atoms with E-state index in [0.717, 1.165) is 16.7 Å². The standard InChI is InChI=1S/C8H7NOSe/c1-10-8-4-2-3-7-6(8)5-11-9-7/h2-5H,1H3. The molecule has 0 bridgehead atoms. The van der Waals surface area contributed by atoms with E-state index >= 15 is 0 Å². The second-order valence-electron chi connectivity index (χ2n) is 2.21. The van der Waals surface area contributed by atoms with E-state index in [1.54, 1.807) is 7.11 Å². The normalized spacial score (nSPS) is 10.3. The molecule has 1 aromatic heterocycles. The average molecular weight is 212 g/mol. The molecular formula is C8H7NOSe. The van der Waals surface area contributed by atoms with Crippen LogP contribution in [0.3, 0.4) is 0 Å². The molecule has 0 aliphatic carbocycles. The van der Waals surface area contributed by atoms with Crippen molar-refractivity contribution < 1.29 is 4.74 Å². The van der Waals surface area contributed by atoms with Crippen molar-refractivity contribution in [2.75, 3.05) is 7.11 Å². The molecule has 2 aromatic rings. The van der Waals surface area contributed by atoms with Gasteiger partial charge in [-0.15, -0.1) is 0 Å². The molecule has 1 heterocycles. The van der Waals surface area contributed by atoms with Crippen LogP contribution in [0.4, 0.5) is 0 Å². The number of hydrogen-bond acceptors (Lipinski definition) is 2. The summed E-state index contributed by atoms with van der Waals surface area (Å²) >= 11 is 0.289. The van der Waals surface area contributed by atoms with Gasteiger partial charge < -0.3 is 0 Å². The molecule has 0 N–H and O–H groups in total. The Labute approximate surface area is 70.8 Å². The van der Waals surface area contributed by atoms with Crippen LogP contribution >= 0.6 is 0 Å². The first-order valence-corrected chi connectivity index (χ1v) is 5.04. The van der Waals surface area contributed by atoms with E-state index in [1.165, 1.54) is 0 Å². The van der Waals surface area contributed by atoms with Crippen LogP contribution in [-0.4, -0.2) is 25.8 Å². The molecule has 2 rings (SSSR count). The summed E-state index contributed by atoms with van der Waals surface area (Å²) in [6, 6.07) is 5.95. The van der Waals surface area contributed by atoms with E-state index in [9.17, 15) is 0 Å². The fourth-order valence-corrected chi connectivity index (χ4v) is 2.45. The van der Waals surface area contributed by atoms with Gasteiger partial charge in [-0.25, -0.2) is 0 Å². The molecule has 0 aliphatic heterocycles. The SMILES string of the molecule is COc1cccc2n[se]cc12. The maximum absolute atomic E-state index is 5.18. The van der Waals surface area contributed by atoms with Crippen LogP contribution in [0, 0.1) is 0 Å². The first-order valence-electron chi connectivity index (χ1n) is 3.29. The Morgan fingerprint density at radius 2 is 2.36 bits per heavy atom. The first-order chi connectivity index (χ1) is 5.42. The van der Waals surface area contributed by atoms with Crippen molar-refractivity contribution in [3.63, 3.8) is 0 Å². The van der Waals surface area contributed by atoms with E-state index in [0.29, 0.717) is 0 Å². The van der Waals surface area contributed by atoms with E-state index in [2.05, 4.69) is 8.92 Å². The quantitative estimate of drug-likeness (QED) is 0.664. The molecule has 2 nitrogen and oxygen atoms in total. The molecular weight excluding hydrogens is 205 g/mol. The molecule has 0 atom stereocenters. The molecule has 0 radical (unpaired) electrons. The van der Waals surface area contributed by atoms with Crippen molar-refractivity contribution >= 4 is 25.6 Å². The average Bonchev–Trinajstić information content (AvgIpc) is 2.50. The Morgan fingerprint density at radius 1 is 1.45 bits per heavy atom. The number of methoxy groups -OCH3 is 1. The van der Waals surface area contributed by atoms with Crippen LogP contribution in [-0.2, 0) is 0 Å². The molecule has 0 amide bonds. The van der Waals surface area contributed by atoms with Crippen molar-refractivity contribution in [3.05, 3.63) is 23.1 Å². The fourth-order valence-electron chi connectivity index (χ4n) is 1.04. The second-order valence-corrected chi connectivity index (χ2v) is 3.53. The third kappa shape index (κ3) is 1.06. The van der Waals surface area contributed by atoms with Gasteiger partial charge >= 0.3 is 70.4 Å². The monoisotopic (exact) mass is 213 g/mol. The second kappa shape index (κ2) is 2.68. The van der Waals surface area contributed by atoms with Gasteiger partial charge in [-0.1, -0.05) is 0 Å². The Balaban J connectivity index is 2.79. The van der Waals surface area contributed by atoms with Gasteiger partial charge in [0.25, 0.3) is 0 Å². The van der Waals surface area contributed by atoms with Crippen LogP contribution < -0.4 is 4.74 Å². The number of hydrogen-bond donors (Lipinski definition) is 0. The van der Waals surface area contributed by atoms with Crippen molar-refractivity contribution in [3.8, 4) is 5.75 Å². The van der Waals surface area contributed by atoms with Gasteiger partial charge in [-0.2, -0.15) is 0 Å². The summed E-state index contributed by atoms with van der Waals surface area (Å²) in [5, 5.41) is 1.16. The number of nitrogens with zero attached hydrogens (tertiary/aromatic N) is 1. The molecule has 0 spiro atoms. The Kier molecular flexibility index (Phi) is 1.68. The van der Waals surface area contributed by atoms with Crippen molar-refractivity contribution in [1.82, 2.24) is 3.98 Å². The molecule has 56 valence electrons. The predicted molar refractivity (Wildman–Crippen MR) is 45.2 cm³/mol. The van der Waals surface area contributed by atoms with Gasteiger partial charge in [-0.3, -0.25) is 0 Å². The minimum absolute atomic E-state index is 0.289. The summed E-state index contributed by atoms with van der Waals surface area (Å²) in [6.07, 6.45) is 0. The van der Waals surface area contributed by atoms with Crippen LogP contribution in [0.15, 0.2) is 23.1 Å². The van der Waals surface area contributed by atoms with Gasteiger partial charge in [0.05, 0.1) is 0 Å². The minimum atomic E-state index is 0.289. The zero-order chi connectivity index (χ0) is 7.68. The summed E-state index contributed by atoms with van der Waals surface area (Å²) in [7, 11) is 1.69. The first kappa shape index (κ1) is 6.89. The van der Waals surface area contributed by atoms with Gasteiger partial charge in [0.1, 0.15) is 0 Å². The number of benzene rings is 1. The molecule has 0 aliphatic rings. The Hall–Kier alpha value is -0.791. The van der Waals surface area contributed by atoms with Crippen LogP contribution in [0.5, 0.6) is 5.75 Å². The van der Waals surface area contributed by atoms with Gasteiger partial charge in [-0.05, 0) is 0 Å². The maximum atomic E-state index is 5.18. The molecule has 3 heteroatoms. The third-order valence-corrected chi connectivity index (χ3v) is 2.93. The number of fused-ring (bicyclic) bond motifs is 1. The van der Waals surface area contributed by atoms with Gasteiger partial charge in [0, 0.05) is 0 Å². The summed E-state index contributed by atoms with van der Waals surface area (Å²) in [6.45, 7) is 0. The molecule has 1 aromatic carbocycles.